The second-order valence-electron chi connectivity index (χ2n) is 4.66. The van der Waals surface area contributed by atoms with Gasteiger partial charge in [0.15, 0.2) is 12.4 Å². The zero-order valence-electron chi connectivity index (χ0n) is 12.3. The van der Waals surface area contributed by atoms with Gasteiger partial charge in [0, 0.05) is 12.8 Å². The monoisotopic (exact) mass is 332 g/mol. The Balaban J connectivity index is 2.37. The molecule has 1 aromatic rings. The summed E-state index contributed by atoms with van der Waals surface area (Å²) < 4.78 is 45.7. The highest BCUT2D eigenvalue weighted by Gasteiger charge is 2.38. The van der Waals surface area contributed by atoms with Crippen LogP contribution in [0, 0.1) is 0 Å². The standard InChI is InChI=1S/C15H15F3O5/c1-10(15(16,17)18)22-13(20)7-4-8-14(21)23-12-6-3-2-5-11(12)9-19/h2-3,5-6,9-10H,4,7-8H2,1H3. The largest absolute Gasteiger partial charge is 0.453 e. The number of esters is 2. The van der Waals surface area contributed by atoms with Crippen LogP contribution >= 0.6 is 0 Å². The quantitative estimate of drug-likeness (QED) is 0.436. The summed E-state index contributed by atoms with van der Waals surface area (Å²) in [5.74, 6) is -1.66. The molecular weight excluding hydrogens is 317 g/mol. The number of aldehydes is 1. The first kappa shape index (κ1) is 18.7. The van der Waals surface area contributed by atoms with Gasteiger partial charge in [0.1, 0.15) is 5.75 Å². The fraction of sp³-hybridized carbons (Fsp3) is 0.400. The molecule has 0 aliphatic carbocycles. The first-order chi connectivity index (χ1) is 10.7. The van der Waals surface area contributed by atoms with Crippen LogP contribution in [0.1, 0.15) is 36.5 Å². The molecule has 1 unspecified atom stereocenters. The third-order valence-electron chi connectivity index (χ3n) is 2.80. The van der Waals surface area contributed by atoms with Crippen LogP contribution < -0.4 is 4.74 Å². The number of rotatable bonds is 7. The summed E-state index contributed by atoms with van der Waals surface area (Å²) in [4.78, 5) is 33.5. The minimum absolute atomic E-state index is 0.0223. The van der Waals surface area contributed by atoms with Gasteiger partial charge in [-0.2, -0.15) is 13.2 Å². The molecule has 1 aromatic carbocycles. The van der Waals surface area contributed by atoms with Crippen molar-refractivity contribution in [3.63, 3.8) is 0 Å². The lowest BCUT2D eigenvalue weighted by Crippen LogP contribution is -2.30. The lowest BCUT2D eigenvalue weighted by molar-refractivity contribution is -0.216. The third kappa shape index (κ3) is 6.50. The molecule has 0 amide bonds. The number of carbonyl (C=O) groups excluding carboxylic acids is 3. The highest BCUT2D eigenvalue weighted by molar-refractivity contribution is 5.82. The van der Waals surface area contributed by atoms with Crippen molar-refractivity contribution in [2.75, 3.05) is 0 Å². The van der Waals surface area contributed by atoms with Crippen LogP contribution in [0.5, 0.6) is 5.75 Å². The van der Waals surface area contributed by atoms with Crippen molar-refractivity contribution < 1.29 is 37.0 Å². The predicted molar refractivity (Wildman–Crippen MR) is 72.9 cm³/mol. The van der Waals surface area contributed by atoms with Gasteiger partial charge in [0.05, 0.1) is 5.56 Å². The van der Waals surface area contributed by atoms with Gasteiger partial charge in [-0.3, -0.25) is 14.4 Å². The number of hydrogen-bond acceptors (Lipinski definition) is 5. The number of halogens is 3. The summed E-state index contributed by atoms with van der Waals surface area (Å²) in [6, 6.07) is 6.07. The number of hydrogen-bond donors (Lipinski definition) is 0. The topological polar surface area (TPSA) is 69.7 Å². The Morgan fingerprint density at radius 3 is 2.39 bits per heavy atom. The fourth-order valence-electron chi connectivity index (χ4n) is 1.54. The maximum absolute atomic E-state index is 12.2. The summed E-state index contributed by atoms with van der Waals surface area (Å²) in [7, 11) is 0. The first-order valence-electron chi connectivity index (χ1n) is 6.75. The van der Waals surface area contributed by atoms with Gasteiger partial charge in [0.25, 0.3) is 0 Å². The van der Waals surface area contributed by atoms with Crippen molar-refractivity contribution in [1.82, 2.24) is 0 Å². The molecule has 0 aromatic heterocycles. The van der Waals surface area contributed by atoms with Gasteiger partial charge in [0.2, 0.25) is 0 Å². The summed E-state index contributed by atoms with van der Waals surface area (Å²) in [6.45, 7) is 0.725. The van der Waals surface area contributed by atoms with E-state index < -0.39 is 24.2 Å². The molecule has 0 fully saturated rings. The van der Waals surface area contributed by atoms with Crippen molar-refractivity contribution in [2.45, 2.75) is 38.5 Å². The Morgan fingerprint density at radius 2 is 1.78 bits per heavy atom. The Kier molecular flexibility index (Phi) is 6.74. The SMILES string of the molecule is CC(OC(=O)CCCC(=O)Oc1ccccc1C=O)C(F)(F)F. The molecule has 8 heteroatoms. The number of ether oxygens (including phenoxy) is 2. The predicted octanol–water partition coefficient (Wildman–Crippen LogP) is 3.07. The molecule has 23 heavy (non-hydrogen) atoms. The fourth-order valence-corrected chi connectivity index (χ4v) is 1.54. The van der Waals surface area contributed by atoms with E-state index in [1.807, 2.05) is 0 Å². The number of alkyl halides is 3. The molecule has 0 heterocycles. The normalized spacial score (nSPS) is 12.3. The van der Waals surface area contributed by atoms with E-state index in [2.05, 4.69) is 4.74 Å². The highest BCUT2D eigenvalue weighted by atomic mass is 19.4. The molecule has 0 aliphatic heterocycles. The van der Waals surface area contributed by atoms with Crippen LogP contribution in [0.15, 0.2) is 24.3 Å². The summed E-state index contributed by atoms with van der Waals surface area (Å²) in [5.41, 5.74) is 0.194. The van der Waals surface area contributed by atoms with Crippen molar-refractivity contribution in [1.29, 1.82) is 0 Å². The molecule has 0 radical (unpaired) electrons. The van der Waals surface area contributed by atoms with Gasteiger partial charge in [-0.05, 0) is 25.5 Å². The second kappa shape index (κ2) is 8.30. The Morgan fingerprint density at radius 1 is 1.17 bits per heavy atom. The van der Waals surface area contributed by atoms with Gasteiger partial charge < -0.3 is 9.47 Å². The molecule has 0 saturated carbocycles. The lowest BCUT2D eigenvalue weighted by atomic mass is 10.2. The molecular formula is C15H15F3O5. The van der Waals surface area contributed by atoms with Crippen LogP contribution in [0.25, 0.3) is 0 Å². The molecule has 5 nitrogen and oxygen atoms in total. The van der Waals surface area contributed by atoms with Crippen LogP contribution in [0.2, 0.25) is 0 Å². The number of carbonyl (C=O) groups is 3. The zero-order valence-corrected chi connectivity index (χ0v) is 12.3. The van der Waals surface area contributed by atoms with E-state index in [-0.39, 0.29) is 30.6 Å². The van der Waals surface area contributed by atoms with Crippen LogP contribution in [0.3, 0.4) is 0 Å². The van der Waals surface area contributed by atoms with E-state index in [9.17, 15) is 27.6 Å². The molecule has 0 saturated heterocycles. The van der Waals surface area contributed by atoms with E-state index in [1.165, 1.54) is 12.1 Å². The van der Waals surface area contributed by atoms with Crippen LogP contribution in [-0.2, 0) is 14.3 Å². The number of benzene rings is 1. The maximum atomic E-state index is 12.2. The Labute approximate surface area is 130 Å². The molecule has 0 bridgehead atoms. The van der Waals surface area contributed by atoms with Gasteiger partial charge in [-0.1, -0.05) is 12.1 Å². The van der Waals surface area contributed by atoms with Crippen LogP contribution in [-0.4, -0.2) is 30.5 Å². The van der Waals surface area contributed by atoms with Crippen molar-refractivity contribution in [3.8, 4) is 5.75 Å². The van der Waals surface area contributed by atoms with E-state index in [4.69, 9.17) is 4.74 Å². The third-order valence-corrected chi connectivity index (χ3v) is 2.80. The highest BCUT2D eigenvalue weighted by Crippen LogP contribution is 2.23. The van der Waals surface area contributed by atoms with Gasteiger partial charge >= 0.3 is 18.1 Å². The van der Waals surface area contributed by atoms with Crippen molar-refractivity contribution in [3.05, 3.63) is 29.8 Å². The Bertz CT molecular complexity index is 568. The molecule has 0 N–H and O–H groups in total. The van der Waals surface area contributed by atoms with Crippen molar-refractivity contribution >= 4 is 18.2 Å². The average Bonchev–Trinajstić information content (AvgIpc) is 2.46. The average molecular weight is 332 g/mol. The van der Waals surface area contributed by atoms with Gasteiger partial charge in [-0.25, -0.2) is 0 Å². The summed E-state index contributed by atoms with van der Waals surface area (Å²) in [6.07, 6.45) is -6.84. The molecule has 126 valence electrons. The smallest absolute Gasteiger partial charge is 0.425 e. The first-order valence-corrected chi connectivity index (χ1v) is 6.75. The van der Waals surface area contributed by atoms with E-state index in [0.29, 0.717) is 6.29 Å². The minimum Gasteiger partial charge on any atom is -0.453 e. The van der Waals surface area contributed by atoms with E-state index in [0.717, 1.165) is 6.92 Å². The molecule has 1 atom stereocenters. The summed E-state index contributed by atoms with van der Waals surface area (Å²) >= 11 is 0. The Hall–Kier alpha value is -2.38. The minimum atomic E-state index is -4.62. The van der Waals surface area contributed by atoms with Crippen LogP contribution in [0.4, 0.5) is 13.2 Å². The second-order valence-corrected chi connectivity index (χ2v) is 4.66. The van der Waals surface area contributed by atoms with E-state index in [1.54, 1.807) is 12.1 Å². The number of para-hydroxylation sites is 1. The van der Waals surface area contributed by atoms with E-state index >= 15 is 0 Å². The maximum Gasteiger partial charge on any atom is 0.425 e. The van der Waals surface area contributed by atoms with Gasteiger partial charge in [-0.15, -0.1) is 0 Å². The molecule has 1 rings (SSSR count). The molecule has 0 aliphatic rings. The zero-order chi connectivity index (χ0) is 17.5. The molecule has 0 spiro atoms. The van der Waals surface area contributed by atoms with Crippen molar-refractivity contribution in [2.24, 2.45) is 0 Å². The lowest BCUT2D eigenvalue weighted by Gasteiger charge is -2.16. The summed E-state index contributed by atoms with van der Waals surface area (Å²) in [5, 5.41) is 0.